The Labute approximate surface area is 118 Å². The van der Waals surface area contributed by atoms with Crippen molar-refractivity contribution in [2.75, 3.05) is 5.32 Å². The number of rotatable bonds is 5. The van der Waals surface area contributed by atoms with E-state index >= 15 is 0 Å². The molecule has 4 nitrogen and oxygen atoms in total. The second-order valence-electron chi connectivity index (χ2n) is 5.06. The van der Waals surface area contributed by atoms with E-state index in [0.717, 1.165) is 30.5 Å². The Morgan fingerprint density at radius 3 is 2.55 bits per heavy atom. The molecule has 20 heavy (non-hydrogen) atoms. The third-order valence-electron chi connectivity index (χ3n) is 3.49. The van der Waals surface area contributed by atoms with Gasteiger partial charge < -0.3 is 10.4 Å². The third-order valence-corrected chi connectivity index (χ3v) is 3.49. The van der Waals surface area contributed by atoms with Gasteiger partial charge >= 0.3 is 5.97 Å². The van der Waals surface area contributed by atoms with Crippen LogP contribution in [0.2, 0.25) is 0 Å². The molecule has 0 saturated carbocycles. The molecule has 0 aromatic heterocycles. The number of aliphatic carboxylic acids is 1. The van der Waals surface area contributed by atoms with Gasteiger partial charge in [0.05, 0.1) is 0 Å². The normalized spacial score (nSPS) is 17.7. The molecule has 2 rings (SSSR count). The third kappa shape index (κ3) is 4.23. The lowest BCUT2D eigenvalue weighted by atomic mass is 9.93. The van der Waals surface area contributed by atoms with Gasteiger partial charge in [-0.2, -0.15) is 0 Å². The molecule has 0 fully saturated rings. The van der Waals surface area contributed by atoms with Crippen molar-refractivity contribution >= 4 is 17.6 Å². The molecule has 1 aromatic carbocycles. The maximum atomic E-state index is 12.0. The number of carbonyl (C=O) groups excluding carboxylic acids is 1. The van der Waals surface area contributed by atoms with E-state index < -0.39 is 5.97 Å². The molecular formula is C16H19NO3. The molecule has 1 aliphatic rings. The highest BCUT2D eigenvalue weighted by molar-refractivity contribution is 5.92. The summed E-state index contributed by atoms with van der Waals surface area (Å²) in [6.45, 7) is 0. The number of anilines is 1. The summed E-state index contributed by atoms with van der Waals surface area (Å²) in [4.78, 5) is 22.5. The Balaban J connectivity index is 1.88. The number of hydrogen-bond donors (Lipinski definition) is 2. The lowest BCUT2D eigenvalue weighted by Crippen LogP contribution is -2.23. The quantitative estimate of drug-likeness (QED) is 0.810. The zero-order chi connectivity index (χ0) is 14.4. The van der Waals surface area contributed by atoms with E-state index in [1.807, 2.05) is 24.3 Å². The van der Waals surface area contributed by atoms with Crippen molar-refractivity contribution in [2.24, 2.45) is 5.92 Å². The van der Waals surface area contributed by atoms with Crippen molar-refractivity contribution in [2.45, 2.75) is 32.1 Å². The minimum Gasteiger partial charge on any atom is -0.481 e. The van der Waals surface area contributed by atoms with E-state index in [0.29, 0.717) is 6.42 Å². The second-order valence-corrected chi connectivity index (χ2v) is 5.06. The Hall–Kier alpha value is -2.10. The predicted molar refractivity (Wildman–Crippen MR) is 77.5 cm³/mol. The van der Waals surface area contributed by atoms with Crippen LogP contribution in [0.5, 0.6) is 0 Å². The van der Waals surface area contributed by atoms with Crippen LogP contribution in [0, 0.1) is 5.92 Å². The van der Waals surface area contributed by atoms with Gasteiger partial charge in [-0.15, -0.1) is 0 Å². The molecule has 0 spiro atoms. The molecule has 0 aliphatic heterocycles. The van der Waals surface area contributed by atoms with Crippen molar-refractivity contribution < 1.29 is 14.7 Å². The highest BCUT2D eigenvalue weighted by Crippen LogP contribution is 2.20. The summed E-state index contributed by atoms with van der Waals surface area (Å²) in [6.07, 6.45) is 7.48. The maximum Gasteiger partial charge on any atom is 0.303 e. The number of benzene rings is 1. The van der Waals surface area contributed by atoms with Crippen LogP contribution in [-0.4, -0.2) is 17.0 Å². The molecule has 0 radical (unpaired) electrons. The minimum atomic E-state index is -0.798. The smallest absolute Gasteiger partial charge is 0.303 e. The zero-order valence-corrected chi connectivity index (χ0v) is 11.3. The van der Waals surface area contributed by atoms with E-state index in [9.17, 15) is 9.59 Å². The van der Waals surface area contributed by atoms with Crippen LogP contribution in [0.3, 0.4) is 0 Å². The first kappa shape index (κ1) is 14.3. The van der Waals surface area contributed by atoms with Gasteiger partial charge in [-0.25, -0.2) is 0 Å². The van der Waals surface area contributed by atoms with Crippen LogP contribution >= 0.6 is 0 Å². The number of carboxylic acids is 1. The number of carbonyl (C=O) groups is 2. The lowest BCUT2D eigenvalue weighted by Gasteiger charge is -2.17. The number of allylic oxidation sites excluding steroid dienone is 2. The van der Waals surface area contributed by atoms with Gasteiger partial charge in [0, 0.05) is 18.0 Å². The highest BCUT2D eigenvalue weighted by atomic mass is 16.4. The van der Waals surface area contributed by atoms with Gasteiger partial charge in [-0.05, 0) is 43.4 Å². The standard InChI is InChI=1S/C16H19NO3/c18-15(19)11-8-12-6-9-14(10-7-12)17-16(20)13-4-2-1-3-5-13/h1-2,6-7,9-10,13H,3-5,8,11H2,(H,17,20)(H,18,19)/t13-/m0/s1. The average molecular weight is 273 g/mol. The monoisotopic (exact) mass is 273 g/mol. The molecule has 0 unspecified atom stereocenters. The summed E-state index contributed by atoms with van der Waals surface area (Å²) in [5.41, 5.74) is 1.73. The molecule has 106 valence electrons. The Morgan fingerprint density at radius 2 is 1.95 bits per heavy atom. The predicted octanol–water partition coefficient (Wildman–Crippen LogP) is 3.00. The van der Waals surface area contributed by atoms with Crippen LogP contribution in [0.25, 0.3) is 0 Å². The molecule has 1 amide bonds. The summed E-state index contributed by atoms with van der Waals surface area (Å²) in [5.74, 6) is -0.674. The largest absolute Gasteiger partial charge is 0.481 e. The summed E-state index contributed by atoms with van der Waals surface area (Å²) in [7, 11) is 0. The van der Waals surface area contributed by atoms with Crippen LogP contribution in [0.4, 0.5) is 5.69 Å². The fourth-order valence-corrected chi connectivity index (χ4v) is 2.28. The van der Waals surface area contributed by atoms with E-state index in [4.69, 9.17) is 5.11 Å². The fourth-order valence-electron chi connectivity index (χ4n) is 2.28. The van der Waals surface area contributed by atoms with Gasteiger partial charge in [0.15, 0.2) is 0 Å². The van der Waals surface area contributed by atoms with E-state index in [1.165, 1.54) is 0 Å². The van der Waals surface area contributed by atoms with E-state index in [-0.39, 0.29) is 18.2 Å². The van der Waals surface area contributed by atoms with Crippen LogP contribution in [-0.2, 0) is 16.0 Å². The van der Waals surface area contributed by atoms with Gasteiger partial charge in [0.1, 0.15) is 0 Å². The molecule has 1 aromatic rings. The molecule has 2 N–H and O–H groups in total. The Kier molecular flexibility index (Phi) is 4.93. The van der Waals surface area contributed by atoms with Crippen molar-refractivity contribution in [1.82, 2.24) is 0 Å². The molecular weight excluding hydrogens is 254 g/mol. The fraction of sp³-hybridized carbons (Fsp3) is 0.375. The summed E-state index contributed by atoms with van der Waals surface area (Å²) in [5, 5.41) is 11.5. The van der Waals surface area contributed by atoms with Crippen LogP contribution in [0.1, 0.15) is 31.2 Å². The topological polar surface area (TPSA) is 66.4 Å². The summed E-state index contributed by atoms with van der Waals surface area (Å²) in [6, 6.07) is 7.38. The van der Waals surface area contributed by atoms with Crippen molar-refractivity contribution in [3.8, 4) is 0 Å². The van der Waals surface area contributed by atoms with Gasteiger partial charge in [-0.3, -0.25) is 9.59 Å². The summed E-state index contributed by atoms with van der Waals surface area (Å²) >= 11 is 0. The van der Waals surface area contributed by atoms with Crippen molar-refractivity contribution in [3.05, 3.63) is 42.0 Å². The number of nitrogens with one attached hydrogen (secondary N) is 1. The SMILES string of the molecule is O=C(O)CCc1ccc(NC(=O)[C@H]2CC=CCC2)cc1. The Morgan fingerprint density at radius 1 is 1.20 bits per heavy atom. The zero-order valence-electron chi connectivity index (χ0n) is 11.3. The minimum absolute atomic E-state index is 0.0617. The first-order valence-corrected chi connectivity index (χ1v) is 6.92. The molecule has 0 bridgehead atoms. The van der Waals surface area contributed by atoms with Crippen molar-refractivity contribution in [1.29, 1.82) is 0 Å². The molecule has 0 saturated heterocycles. The summed E-state index contributed by atoms with van der Waals surface area (Å²) < 4.78 is 0. The maximum absolute atomic E-state index is 12.0. The highest BCUT2D eigenvalue weighted by Gasteiger charge is 2.18. The molecule has 1 aliphatic carbocycles. The van der Waals surface area contributed by atoms with Crippen molar-refractivity contribution in [3.63, 3.8) is 0 Å². The van der Waals surface area contributed by atoms with Gasteiger partial charge in [0.2, 0.25) is 5.91 Å². The van der Waals surface area contributed by atoms with E-state index in [1.54, 1.807) is 0 Å². The number of amides is 1. The second kappa shape index (κ2) is 6.89. The lowest BCUT2D eigenvalue weighted by molar-refractivity contribution is -0.137. The molecule has 1 atom stereocenters. The van der Waals surface area contributed by atoms with Crippen LogP contribution in [0.15, 0.2) is 36.4 Å². The van der Waals surface area contributed by atoms with Gasteiger partial charge in [0.25, 0.3) is 0 Å². The molecule has 0 heterocycles. The Bertz CT molecular complexity index is 505. The number of carboxylic acid groups (broad SMARTS) is 1. The number of hydrogen-bond acceptors (Lipinski definition) is 2. The number of aryl methyl sites for hydroxylation is 1. The first-order valence-electron chi connectivity index (χ1n) is 6.92. The van der Waals surface area contributed by atoms with Crippen LogP contribution < -0.4 is 5.32 Å². The molecule has 4 heteroatoms. The van der Waals surface area contributed by atoms with E-state index in [2.05, 4.69) is 17.5 Å². The van der Waals surface area contributed by atoms with Gasteiger partial charge in [-0.1, -0.05) is 24.3 Å². The average Bonchev–Trinajstić information content (AvgIpc) is 2.47. The first-order chi connectivity index (χ1) is 9.65.